The van der Waals surface area contributed by atoms with Gasteiger partial charge in [-0.05, 0) is 74.7 Å². The van der Waals surface area contributed by atoms with Gasteiger partial charge in [-0.15, -0.1) is 0 Å². The zero-order valence-corrected chi connectivity index (χ0v) is 16.1. The molecule has 3 amide bonds. The minimum atomic E-state index is -0.0898. The maximum atomic E-state index is 12.4. The lowest BCUT2D eigenvalue weighted by molar-refractivity contribution is -0.130. The molecule has 4 bridgehead atoms. The molecule has 26 heavy (non-hydrogen) atoms. The van der Waals surface area contributed by atoms with Crippen molar-refractivity contribution in [2.24, 2.45) is 28.9 Å². The van der Waals surface area contributed by atoms with Gasteiger partial charge in [-0.2, -0.15) is 0 Å². The van der Waals surface area contributed by atoms with Crippen molar-refractivity contribution in [1.82, 2.24) is 15.5 Å². The zero-order valence-electron chi connectivity index (χ0n) is 16.1. The summed E-state index contributed by atoms with van der Waals surface area (Å²) in [5, 5.41) is 6.22. The van der Waals surface area contributed by atoms with Gasteiger partial charge in [0.15, 0.2) is 0 Å². The number of nitrogens with two attached hydrogens (primary N) is 1. The van der Waals surface area contributed by atoms with Crippen molar-refractivity contribution >= 4 is 11.9 Å². The number of urea groups is 1. The molecule has 5 rings (SSSR count). The van der Waals surface area contributed by atoms with Crippen LogP contribution < -0.4 is 16.4 Å². The van der Waals surface area contributed by atoms with Crippen molar-refractivity contribution in [3.8, 4) is 0 Å². The predicted octanol–water partition coefficient (Wildman–Crippen LogP) is 1.84. The minimum absolute atomic E-state index is 0.0285. The zero-order chi connectivity index (χ0) is 18.4. The first-order valence-corrected chi connectivity index (χ1v) is 10.4. The molecule has 1 atom stereocenters. The van der Waals surface area contributed by atoms with E-state index in [1.807, 2.05) is 4.90 Å². The number of hydrogen-bond acceptors (Lipinski definition) is 3. The van der Waals surface area contributed by atoms with E-state index in [1.165, 1.54) is 19.3 Å². The van der Waals surface area contributed by atoms with E-state index < -0.39 is 0 Å². The highest BCUT2D eigenvalue weighted by Gasteiger charge is 2.51. The van der Waals surface area contributed by atoms with E-state index in [0.717, 1.165) is 56.5 Å². The summed E-state index contributed by atoms with van der Waals surface area (Å²) in [4.78, 5) is 26.7. The number of likely N-dealkylation sites (tertiary alicyclic amines) is 1. The van der Waals surface area contributed by atoms with E-state index in [-0.39, 0.29) is 22.9 Å². The van der Waals surface area contributed by atoms with Crippen LogP contribution in [0.15, 0.2) is 0 Å². The Balaban J connectivity index is 1.21. The second-order valence-electron chi connectivity index (χ2n) is 9.91. The Hall–Kier alpha value is -1.30. The first kappa shape index (κ1) is 18.1. The predicted molar refractivity (Wildman–Crippen MR) is 100 cm³/mol. The van der Waals surface area contributed by atoms with Gasteiger partial charge in [0, 0.05) is 31.6 Å². The van der Waals surface area contributed by atoms with Gasteiger partial charge in [-0.1, -0.05) is 6.92 Å². The van der Waals surface area contributed by atoms with Crippen LogP contribution >= 0.6 is 0 Å². The second-order valence-corrected chi connectivity index (χ2v) is 9.91. The first-order valence-electron chi connectivity index (χ1n) is 10.4. The van der Waals surface area contributed by atoms with Gasteiger partial charge >= 0.3 is 6.03 Å². The Morgan fingerprint density at radius 2 is 1.73 bits per heavy atom. The third-order valence-electron chi connectivity index (χ3n) is 7.44. The number of carbonyl (C=O) groups excluding carboxylic acids is 2. The topological polar surface area (TPSA) is 87.5 Å². The van der Waals surface area contributed by atoms with Crippen molar-refractivity contribution in [2.75, 3.05) is 26.2 Å². The lowest BCUT2D eigenvalue weighted by Gasteiger charge is -2.56. The highest BCUT2D eigenvalue weighted by Crippen LogP contribution is 2.55. The van der Waals surface area contributed by atoms with Gasteiger partial charge in [-0.3, -0.25) is 4.79 Å². The third-order valence-corrected chi connectivity index (χ3v) is 7.44. The van der Waals surface area contributed by atoms with E-state index >= 15 is 0 Å². The Morgan fingerprint density at radius 1 is 1.12 bits per heavy atom. The fourth-order valence-electron chi connectivity index (χ4n) is 6.39. The normalized spacial score (nSPS) is 40.7. The first-order chi connectivity index (χ1) is 12.4. The fourth-order valence-corrected chi connectivity index (χ4v) is 6.39. The average Bonchev–Trinajstić information content (AvgIpc) is 2.96. The molecule has 1 unspecified atom stereocenters. The van der Waals surface area contributed by atoms with Crippen LogP contribution in [0.5, 0.6) is 0 Å². The summed E-state index contributed by atoms with van der Waals surface area (Å²) in [7, 11) is 0. The highest BCUT2D eigenvalue weighted by atomic mass is 16.2. The Bertz CT molecular complexity index is 543. The van der Waals surface area contributed by atoms with Crippen LogP contribution in [0.3, 0.4) is 0 Å². The molecule has 5 aliphatic rings. The number of nitrogens with zero attached hydrogens (tertiary/aromatic N) is 1. The smallest absolute Gasteiger partial charge is 0.315 e. The van der Waals surface area contributed by atoms with Gasteiger partial charge in [0.2, 0.25) is 5.91 Å². The molecule has 6 heteroatoms. The van der Waals surface area contributed by atoms with Gasteiger partial charge in [0.1, 0.15) is 0 Å². The SMILES string of the molecule is CC1(CN)CCN(C(=O)CCNC(=O)NC23CC4CC(CC(C4)C2)C3)C1. The minimum Gasteiger partial charge on any atom is -0.342 e. The van der Waals surface area contributed by atoms with Crippen LogP contribution in [0.25, 0.3) is 0 Å². The number of hydrogen-bond donors (Lipinski definition) is 3. The maximum absolute atomic E-state index is 12.4. The van der Waals surface area contributed by atoms with Crippen LogP contribution in [-0.2, 0) is 4.79 Å². The van der Waals surface area contributed by atoms with Crippen LogP contribution in [0.2, 0.25) is 0 Å². The van der Waals surface area contributed by atoms with Crippen LogP contribution in [0.1, 0.15) is 58.3 Å². The molecule has 5 fully saturated rings. The second kappa shape index (κ2) is 6.70. The summed E-state index contributed by atoms with van der Waals surface area (Å²) < 4.78 is 0. The lowest BCUT2D eigenvalue weighted by Crippen LogP contribution is -2.61. The number of amides is 3. The van der Waals surface area contributed by atoms with Crippen molar-refractivity contribution in [1.29, 1.82) is 0 Å². The number of carbonyl (C=O) groups is 2. The average molecular weight is 363 g/mol. The molecule has 6 nitrogen and oxygen atoms in total. The summed E-state index contributed by atoms with van der Waals surface area (Å²) in [6.45, 7) is 4.68. The monoisotopic (exact) mass is 362 g/mol. The van der Waals surface area contributed by atoms with Crippen molar-refractivity contribution < 1.29 is 9.59 Å². The molecule has 0 aromatic rings. The van der Waals surface area contributed by atoms with Gasteiger partial charge < -0.3 is 21.3 Å². The molecule has 146 valence electrons. The van der Waals surface area contributed by atoms with E-state index in [0.29, 0.717) is 19.5 Å². The molecule has 4 saturated carbocycles. The molecule has 0 radical (unpaired) electrons. The molecule has 4 N–H and O–H groups in total. The maximum Gasteiger partial charge on any atom is 0.315 e. The van der Waals surface area contributed by atoms with Gasteiger partial charge in [-0.25, -0.2) is 4.79 Å². The van der Waals surface area contributed by atoms with Crippen molar-refractivity contribution in [3.63, 3.8) is 0 Å². The number of rotatable bonds is 5. The summed E-state index contributed by atoms with van der Waals surface area (Å²) >= 11 is 0. The molecular formula is C20H34N4O2. The van der Waals surface area contributed by atoms with E-state index in [9.17, 15) is 9.59 Å². The van der Waals surface area contributed by atoms with Gasteiger partial charge in [0.05, 0.1) is 0 Å². The van der Waals surface area contributed by atoms with E-state index in [1.54, 1.807) is 0 Å². The molecule has 4 aliphatic carbocycles. The van der Waals surface area contributed by atoms with E-state index in [4.69, 9.17) is 5.73 Å². The largest absolute Gasteiger partial charge is 0.342 e. The fraction of sp³-hybridized carbons (Fsp3) is 0.900. The summed E-state index contributed by atoms with van der Waals surface area (Å²) in [5.74, 6) is 2.57. The Kier molecular flexibility index (Phi) is 4.66. The molecule has 0 spiro atoms. The summed E-state index contributed by atoms with van der Waals surface area (Å²) in [6.07, 6.45) is 8.90. The summed E-state index contributed by atoms with van der Waals surface area (Å²) in [5.41, 5.74) is 5.89. The number of nitrogens with one attached hydrogen (secondary N) is 2. The van der Waals surface area contributed by atoms with Crippen LogP contribution in [0.4, 0.5) is 4.79 Å². The summed E-state index contributed by atoms with van der Waals surface area (Å²) in [6, 6.07) is -0.0898. The van der Waals surface area contributed by atoms with Gasteiger partial charge in [0.25, 0.3) is 0 Å². The molecule has 0 aromatic carbocycles. The van der Waals surface area contributed by atoms with Crippen LogP contribution in [-0.4, -0.2) is 48.6 Å². The lowest BCUT2D eigenvalue weighted by atomic mass is 9.53. The standard InChI is InChI=1S/C20H34N4O2/c1-19(12-21)3-5-24(13-19)17(25)2-4-22-18(26)23-20-9-14-6-15(10-20)8-16(7-14)11-20/h14-16H,2-13,21H2,1H3,(H2,22,23,26). The molecule has 0 aromatic heterocycles. The molecule has 1 aliphatic heterocycles. The third kappa shape index (κ3) is 3.57. The van der Waals surface area contributed by atoms with Crippen molar-refractivity contribution in [3.05, 3.63) is 0 Å². The Morgan fingerprint density at radius 3 is 2.27 bits per heavy atom. The highest BCUT2D eigenvalue weighted by molar-refractivity contribution is 5.79. The molecule has 1 heterocycles. The quantitative estimate of drug-likeness (QED) is 0.697. The van der Waals surface area contributed by atoms with Crippen molar-refractivity contribution in [2.45, 2.75) is 63.8 Å². The molecule has 1 saturated heterocycles. The molecular weight excluding hydrogens is 328 g/mol. The van der Waals surface area contributed by atoms with E-state index in [2.05, 4.69) is 17.6 Å². The Labute approximate surface area is 156 Å². The van der Waals surface area contributed by atoms with Crippen LogP contribution in [0, 0.1) is 23.2 Å².